The maximum atomic E-state index is 6.74. The van der Waals surface area contributed by atoms with Crippen LogP contribution in [0.25, 0.3) is 10.9 Å². The SMILES string of the molecule is NC1(c2cnc3ccccc3c2)CCc2ccccc21. The zero-order chi connectivity index (χ0) is 13.6. The molecule has 0 saturated heterocycles. The second-order valence-corrected chi connectivity index (χ2v) is 5.55. The number of fused-ring (bicyclic) bond motifs is 2. The van der Waals surface area contributed by atoms with Crippen LogP contribution in [-0.4, -0.2) is 4.98 Å². The summed E-state index contributed by atoms with van der Waals surface area (Å²) < 4.78 is 0. The molecule has 2 aromatic carbocycles. The Morgan fingerprint density at radius 2 is 1.80 bits per heavy atom. The largest absolute Gasteiger partial charge is 0.318 e. The third-order valence-electron chi connectivity index (χ3n) is 4.39. The summed E-state index contributed by atoms with van der Waals surface area (Å²) in [6, 6.07) is 18.8. The summed E-state index contributed by atoms with van der Waals surface area (Å²) in [5.41, 5.74) is 11.1. The number of nitrogens with zero attached hydrogens (tertiary/aromatic N) is 1. The van der Waals surface area contributed by atoms with Crippen LogP contribution in [0.2, 0.25) is 0 Å². The normalized spacial score (nSPS) is 21.1. The van der Waals surface area contributed by atoms with Crippen LogP contribution in [0, 0.1) is 0 Å². The van der Waals surface area contributed by atoms with Crippen molar-refractivity contribution in [2.75, 3.05) is 0 Å². The van der Waals surface area contributed by atoms with Gasteiger partial charge in [-0.05, 0) is 41.7 Å². The third kappa shape index (κ3) is 1.58. The highest BCUT2D eigenvalue weighted by Crippen LogP contribution is 2.40. The number of pyridine rings is 1. The van der Waals surface area contributed by atoms with Gasteiger partial charge in [-0.25, -0.2) is 0 Å². The first-order valence-corrected chi connectivity index (χ1v) is 7.00. The first kappa shape index (κ1) is 11.6. The van der Waals surface area contributed by atoms with Crippen molar-refractivity contribution in [2.45, 2.75) is 18.4 Å². The third-order valence-corrected chi connectivity index (χ3v) is 4.39. The Hall–Kier alpha value is -2.19. The summed E-state index contributed by atoms with van der Waals surface area (Å²) in [6.07, 6.45) is 3.93. The molecule has 0 saturated carbocycles. The second kappa shape index (κ2) is 4.15. The van der Waals surface area contributed by atoms with E-state index in [1.807, 2.05) is 24.4 Å². The smallest absolute Gasteiger partial charge is 0.0702 e. The maximum Gasteiger partial charge on any atom is 0.0702 e. The summed E-state index contributed by atoms with van der Waals surface area (Å²) >= 11 is 0. The Balaban J connectivity index is 1.91. The van der Waals surface area contributed by atoms with Crippen molar-refractivity contribution >= 4 is 10.9 Å². The van der Waals surface area contributed by atoms with Crippen LogP contribution in [-0.2, 0) is 12.0 Å². The molecule has 0 spiro atoms. The van der Waals surface area contributed by atoms with Crippen LogP contribution in [0.3, 0.4) is 0 Å². The van der Waals surface area contributed by atoms with E-state index in [0.717, 1.165) is 29.3 Å². The van der Waals surface area contributed by atoms with Gasteiger partial charge in [-0.2, -0.15) is 0 Å². The number of aromatic nitrogens is 1. The van der Waals surface area contributed by atoms with Crippen molar-refractivity contribution in [1.82, 2.24) is 4.98 Å². The van der Waals surface area contributed by atoms with Crippen molar-refractivity contribution in [1.29, 1.82) is 0 Å². The molecule has 4 rings (SSSR count). The molecule has 1 aliphatic carbocycles. The molecule has 0 amide bonds. The summed E-state index contributed by atoms with van der Waals surface area (Å²) in [7, 11) is 0. The second-order valence-electron chi connectivity index (χ2n) is 5.55. The lowest BCUT2D eigenvalue weighted by Gasteiger charge is -2.26. The summed E-state index contributed by atoms with van der Waals surface area (Å²) in [6.45, 7) is 0. The molecule has 20 heavy (non-hydrogen) atoms. The standard InChI is InChI=1S/C18H16N2/c19-18(10-9-13-5-1-3-7-16(13)18)15-11-14-6-2-4-8-17(14)20-12-15/h1-8,11-12H,9-10,19H2. The number of rotatable bonds is 1. The van der Waals surface area contributed by atoms with E-state index in [1.165, 1.54) is 11.1 Å². The van der Waals surface area contributed by atoms with Gasteiger partial charge < -0.3 is 5.73 Å². The number of hydrogen-bond acceptors (Lipinski definition) is 2. The Bertz CT molecular complexity index is 794. The molecule has 1 aliphatic rings. The van der Waals surface area contributed by atoms with Gasteiger partial charge >= 0.3 is 0 Å². The van der Waals surface area contributed by atoms with Gasteiger partial charge in [0.15, 0.2) is 0 Å². The Labute approximate surface area is 118 Å². The van der Waals surface area contributed by atoms with Crippen LogP contribution in [0.15, 0.2) is 60.8 Å². The van der Waals surface area contributed by atoms with Gasteiger partial charge in [-0.3, -0.25) is 4.98 Å². The minimum absolute atomic E-state index is 0.395. The molecule has 1 unspecified atom stereocenters. The van der Waals surface area contributed by atoms with Gasteiger partial charge in [0.1, 0.15) is 0 Å². The van der Waals surface area contributed by atoms with Crippen LogP contribution >= 0.6 is 0 Å². The molecule has 1 atom stereocenters. The number of nitrogens with two attached hydrogens (primary N) is 1. The highest BCUT2D eigenvalue weighted by atomic mass is 14.8. The van der Waals surface area contributed by atoms with Gasteiger partial charge in [0.05, 0.1) is 11.1 Å². The molecule has 3 aromatic rings. The monoisotopic (exact) mass is 260 g/mol. The van der Waals surface area contributed by atoms with E-state index < -0.39 is 5.54 Å². The van der Waals surface area contributed by atoms with Crippen molar-refractivity contribution in [2.24, 2.45) is 5.73 Å². The first-order chi connectivity index (χ1) is 9.77. The van der Waals surface area contributed by atoms with Gasteiger partial charge in [-0.1, -0.05) is 42.5 Å². The van der Waals surface area contributed by atoms with E-state index in [1.54, 1.807) is 0 Å². The van der Waals surface area contributed by atoms with Crippen LogP contribution in [0.5, 0.6) is 0 Å². The van der Waals surface area contributed by atoms with Crippen LogP contribution in [0.1, 0.15) is 23.1 Å². The van der Waals surface area contributed by atoms with Crippen LogP contribution in [0.4, 0.5) is 0 Å². The molecule has 2 nitrogen and oxygen atoms in total. The lowest BCUT2D eigenvalue weighted by Crippen LogP contribution is -2.35. The van der Waals surface area contributed by atoms with Gasteiger partial charge in [0.25, 0.3) is 0 Å². The van der Waals surface area contributed by atoms with Crippen molar-refractivity contribution < 1.29 is 0 Å². The lowest BCUT2D eigenvalue weighted by atomic mass is 9.85. The predicted molar refractivity (Wildman–Crippen MR) is 81.5 cm³/mol. The highest BCUT2D eigenvalue weighted by molar-refractivity contribution is 5.79. The highest BCUT2D eigenvalue weighted by Gasteiger charge is 2.36. The van der Waals surface area contributed by atoms with Gasteiger partial charge in [-0.15, -0.1) is 0 Å². The van der Waals surface area contributed by atoms with E-state index in [9.17, 15) is 0 Å². The molecular weight excluding hydrogens is 244 g/mol. The zero-order valence-electron chi connectivity index (χ0n) is 11.2. The topological polar surface area (TPSA) is 38.9 Å². The minimum atomic E-state index is -0.395. The lowest BCUT2D eigenvalue weighted by molar-refractivity contribution is 0.534. The Kier molecular flexibility index (Phi) is 2.41. The fourth-order valence-corrected chi connectivity index (χ4v) is 3.25. The van der Waals surface area contributed by atoms with E-state index in [4.69, 9.17) is 5.73 Å². The molecule has 0 radical (unpaired) electrons. The maximum absolute atomic E-state index is 6.74. The predicted octanol–water partition coefficient (Wildman–Crippen LogP) is 3.38. The van der Waals surface area contributed by atoms with Gasteiger partial charge in [0.2, 0.25) is 0 Å². The average molecular weight is 260 g/mol. The van der Waals surface area contributed by atoms with Crippen LogP contribution < -0.4 is 5.73 Å². The first-order valence-electron chi connectivity index (χ1n) is 7.00. The van der Waals surface area contributed by atoms with Gasteiger partial charge in [0, 0.05) is 11.6 Å². The molecule has 0 aliphatic heterocycles. The summed E-state index contributed by atoms with van der Waals surface area (Å²) in [4.78, 5) is 4.56. The van der Waals surface area contributed by atoms with E-state index in [0.29, 0.717) is 0 Å². The molecule has 98 valence electrons. The minimum Gasteiger partial charge on any atom is -0.318 e. The fourth-order valence-electron chi connectivity index (χ4n) is 3.25. The zero-order valence-corrected chi connectivity index (χ0v) is 11.2. The number of para-hydroxylation sites is 1. The van der Waals surface area contributed by atoms with Crippen molar-refractivity contribution in [3.63, 3.8) is 0 Å². The fraction of sp³-hybridized carbons (Fsp3) is 0.167. The Morgan fingerprint density at radius 3 is 2.75 bits per heavy atom. The molecule has 1 heterocycles. The molecule has 0 bridgehead atoms. The molecular formula is C18H16N2. The van der Waals surface area contributed by atoms with Crippen molar-refractivity contribution in [3.8, 4) is 0 Å². The van der Waals surface area contributed by atoms with E-state index in [-0.39, 0.29) is 0 Å². The van der Waals surface area contributed by atoms with Crippen molar-refractivity contribution in [3.05, 3.63) is 77.5 Å². The average Bonchev–Trinajstić information content (AvgIpc) is 2.86. The quantitative estimate of drug-likeness (QED) is 0.728. The summed E-state index contributed by atoms with van der Waals surface area (Å²) in [5, 5.41) is 1.15. The molecule has 2 N–H and O–H groups in total. The number of benzene rings is 2. The molecule has 1 aromatic heterocycles. The molecule has 2 heteroatoms. The Morgan fingerprint density at radius 1 is 1.00 bits per heavy atom. The van der Waals surface area contributed by atoms with E-state index in [2.05, 4.69) is 41.4 Å². The summed E-state index contributed by atoms with van der Waals surface area (Å²) in [5.74, 6) is 0. The molecule has 0 fully saturated rings. The number of aryl methyl sites for hydroxylation is 1. The number of hydrogen-bond donors (Lipinski definition) is 1. The van der Waals surface area contributed by atoms with E-state index >= 15 is 0 Å².